The van der Waals surface area contributed by atoms with Crippen molar-refractivity contribution >= 4 is 15.9 Å². The maximum atomic E-state index is 14.1. The molecule has 1 aliphatic rings. The summed E-state index contributed by atoms with van der Waals surface area (Å²) in [5, 5.41) is 3.48. The summed E-state index contributed by atoms with van der Waals surface area (Å²) in [5.74, 6) is 0.900. The van der Waals surface area contributed by atoms with E-state index in [1.807, 2.05) is 12.1 Å². The molecule has 0 saturated heterocycles. The molecule has 1 aliphatic carbocycles. The van der Waals surface area contributed by atoms with Crippen molar-refractivity contribution in [1.82, 2.24) is 5.32 Å². The summed E-state index contributed by atoms with van der Waals surface area (Å²) < 4.78 is 14.7. The summed E-state index contributed by atoms with van der Waals surface area (Å²) in [6, 6.07) is 5.67. The molecular formula is C15H21BrFN. The highest BCUT2D eigenvalue weighted by molar-refractivity contribution is 9.10. The Morgan fingerprint density at radius 3 is 3.00 bits per heavy atom. The molecule has 1 nitrogen and oxygen atoms in total. The van der Waals surface area contributed by atoms with Crippen LogP contribution in [-0.2, 0) is 0 Å². The highest BCUT2D eigenvalue weighted by Crippen LogP contribution is 2.41. The van der Waals surface area contributed by atoms with Crippen molar-refractivity contribution in [2.75, 3.05) is 13.1 Å². The van der Waals surface area contributed by atoms with Crippen LogP contribution in [0.15, 0.2) is 22.7 Å². The fourth-order valence-corrected chi connectivity index (χ4v) is 3.34. The van der Waals surface area contributed by atoms with Gasteiger partial charge in [0.25, 0.3) is 0 Å². The van der Waals surface area contributed by atoms with E-state index in [1.54, 1.807) is 6.07 Å². The first-order valence-corrected chi connectivity index (χ1v) is 7.68. The molecule has 1 N–H and O–H groups in total. The summed E-state index contributed by atoms with van der Waals surface area (Å²) in [7, 11) is 0. The van der Waals surface area contributed by atoms with E-state index < -0.39 is 0 Å². The smallest absolute Gasteiger partial charge is 0.140 e. The number of rotatable bonds is 5. The Balaban J connectivity index is 2.08. The van der Waals surface area contributed by atoms with E-state index in [0.717, 1.165) is 31.5 Å². The average molecular weight is 314 g/mol. The summed E-state index contributed by atoms with van der Waals surface area (Å²) >= 11 is 3.29. The number of halogens is 2. The maximum absolute atomic E-state index is 14.1. The molecular weight excluding hydrogens is 293 g/mol. The molecule has 100 valence electrons. The number of hydrogen-bond donors (Lipinski definition) is 1. The Kier molecular flexibility index (Phi) is 5.19. The molecule has 2 unspecified atom stereocenters. The van der Waals surface area contributed by atoms with Gasteiger partial charge in [-0.3, -0.25) is 0 Å². The number of nitrogens with one attached hydrogen (secondary N) is 1. The molecule has 0 radical (unpaired) electrons. The van der Waals surface area contributed by atoms with Gasteiger partial charge in [0, 0.05) is 0 Å². The van der Waals surface area contributed by atoms with Gasteiger partial charge in [0.2, 0.25) is 0 Å². The van der Waals surface area contributed by atoms with Crippen LogP contribution in [0.2, 0.25) is 0 Å². The van der Waals surface area contributed by atoms with Crippen LogP contribution in [0.1, 0.15) is 44.1 Å². The molecule has 1 saturated carbocycles. The van der Waals surface area contributed by atoms with E-state index in [9.17, 15) is 4.39 Å². The lowest BCUT2D eigenvalue weighted by molar-refractivity contribution is 0.432. The molecule has 2 rings (SSSR count). The second kappa shape index (κ2) is 6.67. The molecule has 1 fully saturated rings. The van der Waals surface area contributed by atoms with Gasteiger partial charge >= 0.3 is 0 Å². The molecule has 18 heavy (non-hydrogen) atoms. The zero-order chi connectivity index (χ0) is 13.0. The van der Waals surface area contributed by atoms with Crippen molar-refractivity contribution in [3.05, 3.63) is 34.1 Å². The minimum absolute atomic E-state index is 0.0649. The summed E-state index contributed by atoms with van der Waals surface area (Å²) in [5.41, 5.74) is 0.894. The topological polar surface area (TPSA) is 12.0 Å². The molecule has 1 aromatic carbocycles. The lowest BCUT2D eigenvalue weighted by Gasteiger charge is -2.21. The summed E-state index contributed by atoms with van der Waals surface area (Å²) in [6.07, 6.45) is 4.71. The van der Waals surface area contributed by atoms with Gasteiger partial charge in [-0.1, -0.05) is 25.5 Å². The lowest BCUT2D eigenvalue weighted by Crippen LogP contribution is -2.25. The lowest BCUT2D eigenvalue weighted by atomic mass is 9.88. The molecule has 0 heterocycles. The highest BCUT2D eigenvalue weighted by Gasteiger charge is 2.30. The Morgan fingerprint density at radius 2 is 2.22 bits per heavy atom. The molecule has 0 aliphatic heterocycles. The molecule has 0 amide bonds. The predicted molar refractivity (Wildman–Crippen MR) is 77.3 cm³/mol. The SMILES string of the molecule is CCCNCC1CCCC1c1cccc(Br)c1F. The molecule has 0 aromatic heterocycles. The standard InChI is InChI=1S/C15H21BrFN/c1-2-9-18-10-11-5-3-6-12(11)13-7-4-8-14(16)15(13)17/h4,7-8,11-12,18H,2-3,5-6,9-10H2,1H3. The molecule has 3 heteroatoms. The van der Waals surface area contributed by atoms with Gasteiger partial charge in [-0.05, 0) is 71.7 Å². The van der Waals surface area contributed by atoms with Crippen molar-refractivity contribution in [1.29, 1.82) is 0 Å². The molecule has 2 atom stereocenters. The van der Waals surface area contributed by atoms with Gasteiger partial charge in [-0.2, -0.15) is 0 Å². The van der Waals surface area contributed by atoms with Crippen LogP contribution in [0, 0.1) is 11.7 Å². The summed E-state index contributed by atoms with van der Waals surface area (Å²) in [6.45, 7) is 4.25. The van der Waals surface area contributed by atoms with Crippen LogP contribution in [0.25, 0.3) is 0 Å². The zero-order valence-corrected chi connectivity index (χ0v) is 12.5. The van der Waals surface area contributed by atoms with E-state index in [0.29, 0.717) is 16.3 Å². The first-order chi connectivity index (χ1) is 8.74. The Bertz CT molecular complexity index is 394. The fraction of sp³-hybridized carbons (Fsp3) is 0.600. The van der Waals surface area contributed by atoms with Gasteiger partial charge in [0.05, 0.1) is 4.47 Å². The first-order valence-electron chi connectivity index (χ1n) is 6.88. The third-order valence-electron chi connectivity index (χ3n) is 3.87. The van der Waals surface area contributed by atoms with Crippen molar-refractivity contribution in [2.24, 2.45) is 5.92 Å². The third-order valence-corrected chi connectivity index (χ3v) is 4.49. The largest absolute Gasteiger partial charge is 0.316 e. The predicted octanol–water partition coefficient (Wildman–Crippen LogP) is 4.47. The van der Waals surface area contributed by atoms with E-state index in [-0.39, 0.29) is 5.82 Å². The van der Waals surface area contributed by atoms with Gasteiger partial charge < -0.3 is 5.32 Å². The average Bonchev–Trinajstić information content (AvgIpc) is 2.81. The van der Waals surface area contributed by atoms with Crippen LogP contribution in [-0.4, -0.2) is 13.1 Å². The molecule has 0 bridgehead atoms. The van der Waals surface area contributed by atoms with Gasteiger partial charge in [-0.15, -0.1) is 0 Å². The van der Waals surface area contributed by atoms with Crippen molar-refractivity contribution in [2.45, 2.75) is 38.5 Å². The third kappa shape index (κ3) is 3.12. The minimum Gasteiger partial charge on any atom is -0.316 e. The number of hydrogen-bond acceptors (Lipinski definition) is 1. The second-order valence-electron chi connectivity index (χ2n) is 5.14. The van der Waals surface area contributed by atoms with E-state index >= 15 is 0 Å². The van der Waals surface area contributed by atoms with Gasteiger partial charge in [0.1, 0.15) is 5.82 Å². The van der Waals surface area contributed by atoms with Gasteiger partial charge in [-0.25, -0.2) is 4.39 Å². The van der Waals surface area contributed by atoms with Crippen molar-refractivity contribution < 1.29 is 4.39 Å². The normalized spacial score (nSPS) is 23.5. The van der Waals surface area contributed by atoms with E-state index in [4.69, 9.17) is 0 Å². The Labute approximate surface area is 117 Å². The number of benzene rings is 1. The van der Waals surface area contributed by atoms with Crippen LogP contribution in [0.3, 0.4) is 0 Å². The fourth-order valence-electron chi connectivity index (χ4n) is 2.96. The Hall–Kier alpha value is -0.410. The quantitative estimate of drug-likeness (QED) is 0.791. The van der Waals surface area contributed by atoms with E-state index in [2.05, 4.69) is 28.2 Å². The molecule has 0 spiro atoms. The minimum atomic E-state index is -0.0649. The van der Waals surface area contributed by atoms with Crippen LogP contribution in [0.5, 0.6) is 0 Å². The van der Waals surface area contributed by atoms with E-state index in [1.165, 1.54) is 12.8 Å². The Morgan fingerprint density at radius 1 is 1.39 bits per heavy atom. The van der Waals surface area contributed by atoms with Crippen LogP contribution < -0.4 is 5.32 Å². The molecule has 1 aromatic rings. The monoisotopic (exact) mass is 313 g/mol. The van der Waals surface area contributed by atoms with Crippen LogP contribution >= 0.6 is 15.9 Å². The van der Waals surface area contributed by atoms with Gasteiger partial charge in [0.15, 0.2) is 0 Å². The maximum Gasteiger partial charge on any atom is 0.140 e. The van der Waals surface area contributed by atoms with Crippen LogP contribution in [0.4, 0.5) is 4.39 Å². The first kappa shape index (κ1) is 14.0. The van der Waals surface area contributed by atoms with Crippen molar-refractivity contribution in [3.63, 3.8) is 0 Å². The van der Waals surface area contributed by atoms with Crippen molar-refractivity contribution in [3.8, 4) is 0 Å². The summed E-state index contributed by atoms with van der Waals surface area (Å²) in [4.78, 5) is 0. The second-order valence-corrected chi connectivity index (χ2v) is 6.00. The zero-order valence-electron chi connectivity index (χ0n) is 10.9. The highest BCUT2D eigenvalue weighted by atomic mass is 79.9.